The molecule has 11 heavy (non-hydrogen) atoms. The fourth-order valence-electron chi connectivity index (χ4n) is 0.628. The standard InChI is InChI=1S/C8H13NO2/c1-5-9(7(3)4)8(10)11-6-2/h5-7H,1-2H2,3-4H3. The third-order valence-electron chi connectivity index (χ3n) is 1.15. The minimum absolute atomic E-state index is 0.0555. The van der Waals surface area contributed by atoms with Crippen LogP contribution in [0.2, 0.25) is 0 Å². The van der Waals surface area contributed by atoms with E-state index in [1.165, 1.54) is 11.1 Å². The maximum absolute atomic E-state index is 11.0. The molecule has 0 aliphatic carbocycles. The molecule has 0 radical (unpaired) electrons. The maximum atomic E-state index is 11.0. The van der Waals surface area contributed by atoms with Crippen molar-refractivity contribution in [3.05, 3.63) is 25.6 Å². The van der Waals surface area contributed by atoms with Gasteiger partial charge in [-0.1, -0.05) is 13.2 Å². The number of amides is 1. The average molecular weight is 155 g/mol. The lowest BCUT2D eigenvalue weighted by atomic mass is 10.4. The van der Waals surface area contributed by atoms with E-state index in [-0.39, 0.29) is 6.04 Å². The number of hydrogen-bond donors (Lipinski definition) is 0. The minimum Gasteiger partial charge on any atom is -0.419 e. The topological polar surface area (TPSA) is 29.5 Å². The quantitative estimate of drug-likeness (QED) is 0.584. The average Bonchev–Trinajstić information content (AvgIpc) is 1.88. The Labute approximate surface area is 66.9 Å². The molecule has 0 saturated heterocycles. The van der Waals surface area contributed by atoms with Crippen LogP contribution in [0.3, 0.4) is 0 Å². The lowest BCUT2D eigenvalue weighted by molar-refractivity contribution is 0.145. The molecule has 1 amide bonds. The molecule has 0 unspecified atom stereocenters. The molecule has 0 spiro atoms. The first-order chi connectivity index (χ1) is 5.13. The Hall–Kier alpha value is -1.25. The van der Waals surface area contributed by atoms with Crippen molar-refractivity contribution in [2.75, 3.05) is 0 Å². The van der Waals surface area contributed by atoms with Crippen LogP contribution in [-0.2, 0) is 4.74 Å². The number of carbonyl (C=O) groups excluding carboxylic acids is 1. The third-order valence-corrected chi connectivity index (χ3v) is 1.15. The van der Waals surface area contributed by atoms with Gasteiger partial charge in [-0.3, -0.25) is 4.90 Å². The van der Waals surface area contributed by atoms with Gasteiger partial charge in [0.15, 0.2) is 0 Å². The van der Waals surface area contributed by atoms with Crippen LogP contribution in [-0.4, -0.2) is 17.0 Å². The molecule has 0 aromatic heterocycles. The second-order valence-corrected chi connectivity index (χ2v) is 2.23. The van der Waals surface area contributed by atoms with Gasteiger partial charge in [-0.15, -0.1) is 0 Å². The second kappa shape index (κ2) is 4.55. The van der Waals surface area contributed by atoms with Crippen LogP contribution in [0.1, 0.15) is 13.8 Å². The number of hydrogen-bond acceptors (Lipinski definition) is 2. The Kier molecular flexibility index (Phi) is 4.03. The van der Waals surface area contributed by atoms with E-state index in [2.05, 4.69) is 17.9 Å². The summed E-state index contributed by atoms with van der Waals surface area (Å²) in [6.07, 6.45) is 2.07. The first kappa shape index (κ1) is 9.75. The highest BCUT2D eigenvalue weighted by Gasteiger charge is 2.13. The molecule has 0 heterocycles. The Morgan fingerprint density at radius 1 is 1.55 bits per heavy atom. The van der Waals surface area contributed by atoms with Crippen molar-refractivity contribution in [2.24, 2.45) is 0 Å². The monoisotopic (exact) mass is 155 g/mol. The van der Waals surface area contributed by atoms with Gasteiger partial charge in [-0.2, -0.15) is 0 Å². The highest BCUT2D eigenvalue weighted by Crippen LogP contribution is 2.01. The second-order valence-electron chi connectivity index (χ2n) is 2.23. The fraction of sp³-hybridized carbons (Fsp3) is 0.375. The van der Waals surface area contributed by atoms with Gasteiger partial charge in [-0.25, -0.2) is 4.79 Å². The van der Waals surface area contributed by atoms with Crippen molar-refractivity contribution in [3.8, 4) is 0 Å². The summed E-state index contributed by atoms with van der Waals surface area (Å²) in [6.45, 7) is 10.5. The highest BCUT2D eigenvalue weighted by molar-refractivity contribution is 5.69. The van der Waals surface area contributed by atoms with E-state index in [1.807, 2.05) is 13.8 Å². The normalized spacial score (nSPS) is 9.00. The van der Waals surface area contributed by atoms with E-state index in [0.29, 0.717) is 0 Å². The zero-order valence-corrected chi connectivity index (χ0v) is 6.91. The van der Waals surface area contributed by atoms with Crippen molar-refractivity contribution in [1.82, 2.24) is 4.90 Å². The summed E-state index contributed by atoms with van der Waals surface area (Å²) in [5.74, 6) is 0. The number of carbonyl (C=O) groups is 1. The van der Waals surface area contributed by atoms with Crippen LogP contribution in [0.4, 0.5) is 4.79 Å². The predicted octanol–water partition coefficient (Wildman–Crippen LogP) is 2.12. The summed E-state index contributed by atoms with van der Waals surface area (Å²) >= 11 is 0. The maximum Gasteiger partial charge on any atom is 0.418 e. The zero-order valence-electron chi connectivity index (χ0n) is 6.91. The summed E-state index contributed by atoms with van der Waals surface area (Å²) in [6, 6.07) is 0.0555. The number of nitrogens with zero attached hydrogens (tertiary/aromatic N) is 1. The molecule has 0 rings (SSSR count). The highest BCUT2D eigenvalue weighted by atomic mass is 16.5. The molecule has 0 bridgehead atoms. The van der Waals surface area contributed by atoms with Gasteiger partial charge in [-0.05, 0) is 13.8 Å². The Morgan fingerprint density at radius 2 is 2.09 bits per heavy atom. The Morgan fingerprint density at radius 3 is 2.36 bits per heavy atom. The summed E-state index contributed by atoms with van der Waals surface area (Å²) < 4.78 is 4.54. The third kappa shape index (κ3) is 2.89. The molecular formula is C8H13NO2. The summed E-state index contributed by atoms with van der Waals surface area (Å²) in [7, 11) is 0. The van der Waals surface area contributed by atoms with E-state index in [0.717, 1.165) is 6.26 Å². The molecule has 0 aromatic rings. The van der Waals surface area contributed by atoms with Crippen LogP contribution in [0.15, 0.2) is 25.6 Å². The van der Waals surface area contributed by atoms with E-state index in [1.54, 1.807) is 0 Å². The summed E-state index contributed by atoms with van der Waals surface area (Å²) in [5.41, 5.74) is 0. The van der Waals surface area contributed by atoms with Gasteiger partial charge in [0.1, 0.15) is 0 Å². The van der Waals surface area contributed by atoms with Gasteiger partial charge in [0.05, 0.1) is 6.26 Å². The van der Waals surface area contributed by atoms with Gasteiger partial charge in [0, 0.05) is 12.2 Å². The largest absolute Gasteiger partial charge is 0.419 e. The van der Waals surface area contributed by atoms with Gasteiger partial charge in [0.25, 0.3) is 0 Å². The van der Waals surface area contributed by atoms with E-state index < -0.39 is 6.09 Å². The van der Waals surface area contributed by atoms with Crippen molar-refractivity contribution < 1.29 is 9.53 Å². The molecule has 3 nitrogen and oxygen atoms in total. The molecule has 0 aliphatic rings. The van der Waals surface area contributed by atoms with E-state index in [4.69, 9.17) is 0 Å². The fourth-order valence-corrected chi connectivity index (χ4v) is 0.628. The van der Waals surface area contributed by atoms with Crippen LogP contribution < -0.4 is 0 Å². The van der Waals surface area contributed by atoms with Gasteiger partial charge < -0.3 is 4.74 Å². The predicted molar refractivity (Wildman–Crippen MR) is 43.9 cm³/mol. The smallest absolute Gasteiger partial charge is 0.418 e. The molecule has 0 aromatic carbocycles. The Bertz CT molecular complexity index is 163. The first-order valence-corrected chi connectivity index (χ1v) is 3.36. The lowest BCUT2D eigenvalue weighted by Crippen LogP contribution is -2.31. The van der Waals surface area contributed by atoms with Crippen molar-refractivity contribution in [2.45, 2.75) is 19.9 Å². The lowest BCUT2D eigenvalue weighted by Gasteiger charge is -2.19. The van der Waals surface area contributed by atoms with Crippen LogP contribution in [0.25, 0.3) is 0 Å². The molecule has 0 saturated carbocycles. The molecule has 0 atom stereocenters. The van der Waals surface area contributed by atoms with E-state index in [9.17, 15) is 4.79 Å². The van der Waals surface area contributed by atoms with Crippen LogP contribution >= 0.6 is 0 Å². The summed E-state index contributed by atoms with van der Waals surface area (Å²) in [5, 5.41) is 0. The number of rotatable bonds is 3. The summed E-state index contributed by atoms with van der Waals surface area (Å²) in [4.78, 5) is 12.4. The Balaban J connectivity index is 4.13. The van der Waals surface area contributed by atoms with Crippen LogP contribution in [0.5, 0.6) is 0 Å². The molecule has 0 N–H and O–H groups in total. The van der Waals surface area contributed by atoms with E-state index >= 15 is 0 Å². The molecule has 62 valence electrons. The van der Waals surface area contributed by atoms with Crippen molar-refractivity contribution >= 4 is 6.09 Å². The molecule has 0 aliphatic heterocycles. The minimum atomic E-state index is -0.454. The number of ether oxygens (including phenoxy) is 1. The molecule has 3 heteroatoms. The van der Waals surface area contributed by atoms with Crippen LogP contribution in [0, 0.1) is 0 Å². The van der Waals surface area contributed by atoms with Gasteiger partial charge in [0.2, 0.25) is 0 Å². The molecular weight excluding hydrogens is 142 g/mol. The first-order valence-electron chi connectivity index (χ1n) is 3.36. The van der Waals surface area contributed by atoms with Gasteiger partial charge >= 0.3 is 6.09 Å². The molecule has 0 fully saturated rings. The van der Waals surface area contributed by atoms with Crippen molar-refractivity contribution in [1.29, 1.82) is 0 Å². The SMILES string of the molecule is C=COC(=O)N(C=C)C(C)C. The zero-order chi connectivity index (χ0) is 8.85. The van der Waals surface area contributed by atoms with Crippen molar-refractivity contribution in [3.63, 3.8) is 0 Å².